The van der Waals surface area contributed by atoms with Crippen LogP contribution in [0.1, 0.15) is 17.5 Å². The average molecular weight is 276 g/mol. The number of nitrogens with one attached hydrogen (secondary N) is 1. The van der Waals surface area contributed by atoms with E-state index in [4.69, 9.17) is 9.15 Å². The fourth-order valence-corrected chi connectivity index (χ4v) is 1.65. The summed E-state index contributed by atoms with van der Waals surface area (Å²) in [7, 11) is 0. The molecule has 1 N–H and O–H groups in total. The lowest BCUT2D eigenvalue weighted by atomic mass is 10.2. The number of hydrogen-bond donors (Lipinski definition) is 1. The number of para-hydroxylation sites is 2. The Morgan fingerprint density at radius 2 is 2.15 bits per heavy atom. The SMILES string of the molecule is CCOc1ccccc1NC(=O)c1occc1[N+](=O)[O-]. The standard InChI is InChI=1S/C13H12N2O5/c1-2-19-11-6-4-3-5-9(11)14-13(16)12-10(15(17)18)7-8-20-12/h3-8H,2H2,1H3,(H,14,16). The fourth-order valence-electron chi connectivity index (χ4n) is 1.65. The molecule has 7 heteroatoms. The van der Waals surface area contributed by atoms with Crippen LogP contribution in [0.4, 0.5) is 11.4 Å². The van der Waals surface area contributed by atoms with Gasteiger partial charge in [0, 0.05) is 0 Å². The van der Waals surface area contributed by atoms with E-state index >= 15 is 0 Å². The Bertz CT molecular complexity index is 635. The van der Waals surface area contributed by atoms with Crippen LogP contribution in [0.25, 0.3) is 0 Å². The van der Waals surface area contributed by atoms with Gasteiger partial charge in [0.2, 0.25) is 0 Å². The lowest BCUT2D eigenvalue weighted by Crippen LogP contribution is -2.13. The van der Waals surface area contributed by atoms with Gasteiger partial charge in [-0.3, -0.25) is 14.9 Å². The number of ether oxygens (including phenoxy) is 1. The third-order valence-corrected chi connectivity index (χ3v) is 2.48. The molecule has 0 unspecified atom stereocenters. The highest BCUT2D eigenvalue weighted by Gasteiger charge is 2.24. The van der Waals surface area contributed by atoms with Gasteiger partial charge in [-0.25, -0.2) is 0 Å². The highest BCUT2D eigenvalue weighted by molar-refractivity contribution is 6.05. The second kappa shape index (κ2) is 5.87. The topological polar surface area (TPSA) is 94.6 Å². The molecule has 0 saturated carbocycles. The van der Waals surface area contributed by atoms with Gasteiger partial charge in [-0.2, -0.15) is 0 Å². The Morgan fingerprint density at radius 1 is 1.40 bits per heavy atom. The van der Waals surface area contributed by atoms with E-state index in [2.05, 4.69) is 5.32 Å². The summed E-state index contributed by atoms with van der Waals surface area (Å²) in [4.78, 5) is 22.1. The number of carbonyl (C=O) groups excluding carboxylic acids is 1. The van der Waals surface area contributed by atoms with E-state index in [1.54, 1.807) is 24.3 Å². The molecule has 2 aromatic rings. The Balaban J connectivity index is 2.24. The second-order valence-corrected chi connectivity index (χ2v) is 3.78. The number of anilines is 1. The van der Waals surface area contributed by atoms with Gasteiger partial charge in [0.05, 0.1) is 29.5 Å². The van der Waals surface area contributed by atoms with Crippen molar-refractivity contribution in [1.29, 1.82) is 0 Å². The molecule has 1 aromatic carbocycles. The second-order valence-electron chi connectivity index (χ2n) is 3.78. The van der Waals surface area contributed by atoms with E-state index in [1.807, 2.05) is 6.92 Å². The molecule has 0 saturated heterocycles. The van der Waals surface area contributed by atoms with E-state index < -0.39 is 10.8 Å². The minimum absolute atomic E-state index is 0.346. The molecular weight excluding hydrogens is 264 g/mol. The molecule has 20 heavy (non-hydrogen) atoms. The van der Waals surface area contributed by atoms with Crippen molar-refractivity contribution < 1.29 is 18.9 Å². The van der Waals surface area contributed by atoms with E-state index in [0.717, 1.165) is 12.3 Å². The Hall–Kier alpha value is -2.83. The van der Waals surface area contributed by atoms with Gasteiger partial charge in [-0.15, -0.1) is 0 Å². The molecule has 0 atom stereocenters. The lowest BCUT2D eigenvalue weighted by molar-refractivity contribution is -0.385. The van der Waals surface area contributed by atoms with Crippen molar-refractivity contribution in [3.63, 3.8) is 0 Å². The van der Waals surface area contributed by atoms with Crippen molar-refractivity contribution in [2.45, 2.75) is 6.92 Å². The predicted octanol–water partition coefficient (Wildman–Crippen LogP) is 2.84. The molecule has 0 bridgehead atoms. The van der Waals surface area contributed by atoms with Crippen LogP contribution < -0.4 is 10.1 Å². The summed E-state index contributed by atoms with van der Waals surface area (Å²) in [5.41, 5.74) is 0.0430. The maximum absolute atomic E-state index is 12.0. The van der Waals surface area contributed by atoms with E-state index in [-0.39, 0.29) is 11.4 Å². The van der Waals surface area contributed by atoms with Gasteiger partial charge in [-0.05, 0) is 19.1 Å². The van der Waals surface area contributed by atoms with Crippen molar-refractivity contribution in [3.05, 3.63) is 52.5 Å². The molecule has 104 valence electrons. The molecule has 1 aromatic heterocycles. The van der Waals surface area contributed by atoms with Crippen LogP contribution in [-0.2, 0) is 0 Å². The summed E-state index contributed by atoms with van der Waals surface area (Å²) < 4.78 is 10.2. The number of rotatable bonds is 5. The normalized spacial score (nSPS) is 10.1. The Morgan fingerprint density at radius 3 is 2.85 bits per heavy atom. The average Bonchev–Trinajstić information content (AvgIpc) is 2.91. The third-order valence-electron chi connectivity index (χ3n) is 2.48. The molecule has 0 radical (unpaired) electrons. The first kappa shape index (κ1) is 13.6. The number of hydrogen-bond acceptors (Lipinski definition) is 5. The van der Waals surface area contributed by atoms with Gasteiger partial charge in [0.15, 0.2) is 0 Å². The molecule has 2 rings (SSSR count). The van der Waals surface area contributed by atoms with Gasteiger partial charge in [-0.1, -0.05) is 12.1 Å². The zero-order valence-electron chi connectivity index (χ0n) is 10.7. The Kier molecular flexibility index (Phi) is 3.99. The van der Waals surface area contributed by atoms with Crippen LogP contribution >= 0.6 is 0 Å². The minimum atomic E-state index is -0.700. The molecule has 0 aliphatic carbocycles. The van der Waals surface area contributed by atoms with Crippen LogP contribution in [0.15, 0.2) is 41.0 Å². The summed E-state index contributed by atoms with van der Waals surface area (Å²) in [5.74, 6) is -0.562. The van der Waals surface area contributed by atoms with Crippen molar-refractivity contribution >= 4 is 17.3 Å². The van der Waals surface area contributed by atoms with Crippen molar-refractivity contribution in [2.24, 2.45) is 0 Å². The first-order valence-electron chi connectivity index (χ1n) is 5.88. The smallest absolute Gasteiger partial charge is 0.320 e. The number of nitro groups is 1. The molecule has 1 heterocycles. The third kappa shape index (κ3) is 2.77. The number of carbonyl (C=O) groups is 1. The largest absolute Gasteiger partial charge is 0.492 e. The van der Waals surface area contributed by atoms with Gasteiger partial charge >= 0.3 is 5.69 Å². The number of amides is 1. The van der Waals surface area contributed by atoms with Crippen LogP contribution in [0, 0.1) is 10.1 Å². The monoisotopic (exact) mass is 276 g/mol. The molecule has 7 nitrogen and oxygen atoms in total. The van der Waals surface area contributed by atoms with Crippen molar-refractivity contribution in [2.75, 3.05) is 11.9 Å². The lowest BCUT2D eigenvalue weighted by Gasteiger charge is -2.10. The highest BCUT2D eigenvalue weighted by atomic mass is 16.6. The first-order chi connectivity index (χ1) is 9.63. The summed E-state index contributed by atoms with van der Waals surface area (Å²) in [6.07, 6.45) is 1.10. The van der Waals surface area contributed by atoms with Gasteiger partial charge < -0.3 is 14.5 Å². The molecule has 0 aliphatic rings. The minimum Gasteiger partial charge on any atom is -0.492 e. The maximum Gasteiger partial charge on any atom is 0.320 e. The van der Waals surface area contributed by atoms with Gasteiger partial charge in [0.25, 0.3) is 11.7 Å². The zero-order valence-corrected chi connectivity index (χ0v) is 10.7. The first-order valence-corrected chi connectivity index (χ1v) is 5.88. The summed E-state index contributed by atoms with van der Waals surface area (Å²) in [5, 5.41) is 13.3. The number of nitrogens with zero attached hydrogens (tertiary/aromatic N) is 1. The van der Waals surface area contributed by atoms with Crippen molar-refractivity contribution in [1.82, 2.24) is 0 Å². The molecular formula is C13H12N2O5. The van der Waals surface area contributed by atoms with Crippen molar-refractivity contribution in [3.8, 4) is 5.75 Å². The van der Waals surface area contributed by atoms with E-state index in [0.29, 0.717) is 18.0 Å². The zero-order chi connectivity index (χ0) is 14.5. The van der Waals surface area contributed by atoms with E-state index in [1.165, 1.54) is 0 Å². The summed E-state index contributed by atoms with van der Waals surface area (Å²) in [6.45, 7) is 2.25. The Labute approximate surface area is 114 Å². The number of furan rings is 1. The summed E-state index contributed by atoms with van der Waals surface area (Å²) in [6, 6.07) is 7.93. The fraction of sp³-hybridized carbons (Fsp3) is 0.154. The van der Waals surface area contributed by atoms with Crippen LogP contribution in [0.2, 0.25) is 0 Å². The van der Waals surface area contributed by atoms with Gasteiger partial charge in [0.1, 0.15) is 5.75 Å². The molecule has 0 spiro atoms. The quantitative estimate of drug-likeness (QED) is 0.669. The van der Waals surface area contributed by atoms with Crippen LogP contribution in [0.5, 0.6) is 5.75 Å². The molecule has 1 amide bonds. The molecule has 0 aliphatic heterocycles. The van der Waals surface area contributed by atoms with E-state index in [9.17, 15) is 14.9 Å². The van der Waals surface area contributed by atoms with Crippen LogP contribution in [0.3, 0.4) is 0 Å². The number of benzene rings is 1. The maximum atomic E-state index is 12.0. The predicted molar refractivity (Wildman–Crippen MR) is 70.9 cm³/mol. The summed E-state index contributed by atoms with van der Waals surface area (Å²) >= 11 is 0. The molecule has 0 fully saturated rings. The highest BCUT2D eigenvalue weighted by Crippen LogP contribution is 2.26. The van der Waals surface area contributed by atoms with Crippen LogP contribution in [-0.4, -0.2) is 17.4 Å².